The third-order valence-electron chi connectivity index (χ3n) is 2.51. The number of aliphatic hydroxyl groups excluding tert-OH is 1. The molecule has 2 rings (SSSR count). The Bertz CT molecular complexity index is 569. The zero-order chi connectivity index (χ0) is 14.5. The molecule has 0 aliphatic rings. The summed E-state index contributed by atoms with van der Waals surface area (Å²) in [5.74, 6) is 0.663. The minimum absolute atomic E-state index is 0.188. The molecular formula is C13H12ClF2N3O. The minimum atomic E-state index is -2.81. The van der Waals surface area contributed by atoms with Crippen molar-refractivity contribution < 1.29 is 13.9 Å². The molecular weight excluding hydrogens is 288 g/mol. The van der Waals surface area contributed by atoms with Crippen LogP contribution in [0.2, 0.25) is 5.15 Å². The van der Waals surface area contributed by atoms with E-state index in [1.54, 1.807) is 0 Å². The fourth-order valence-electron chi connectivity index (χ4n) is 1.52. The van der Waals surface area contributed by atoms with Gasteiger partial charge in [0.15, 0.2) is 5.82 Å². The smallest absolute Gasteiger partial charge is 0.265 e. The lowest BCUT2D eigenvalue weighted by Gasteiger charge is -2.12. The number of aromatic nitrogens is 2. The predicted molar refractivity (Wildman–Crippen MR) is 73.0 cm³/mol. The van der Waals surface area contributed by atoms with Gasteiger partial charge in [-0.2, -0.15) is 0 Å². The Labute approximate surface area is 119 Å². The van der Waals surface area contributed by atoms with Gasteiger partial charge >= 0.3 is 0 Å². The van der Waals surface area contributed by atoms with Crippen LogP contribution >= 0.6 is 11.6 Å². The van der Waals surface area contributed by atoms with Gasteiger partial charge < -0.3 is 10.4 Å². The van der Waals surface area contributed by atoms with E-state index in [0.717, 1.165) is 5.56 Å². The summed E-state index contributed by atoms with van der Waals surface area (Å²) in [6, 6.07) is 10.5. The lowest BCUT2D eigenvalue weighted by molar-refractivity contribution is 0.00381. The van der Waals surface area contributed by atoms with Crippen molar-refractivity contribution in [2.45, 2.75) is 12.5 Å². The Balaban J connectivity index is 2.17. The quantitative estimate of drug-likeness (QED) is 0.834. The molecule has 106 valence electrons. The summed E-state index contributed by atoms with van der Waals surface area (Å²) >= 11 is 5.88. The summed E-state index contributed by atoms with van der Waals surface area (Å²) in [5.41, 5.74) is 0.757. The second-order valence-electron chi connectivity index (χ2n) is 4.05. The molecule has 2 aromatic rings. The molecule has 0 amide bonds. The SMILES string of the molecule is OC(CNc1cc(Cl)nc(-c2ccccc2)n1)C(F)F. The topological polar surface area (TPSA) is 58.0 Å². The Hall–Kier alpha value is -1.79. The van der Waals surface area contributed by atoms with Gasteiger partial charge in [-0.1, -0.05) is 41.9 Å². The van der Waals surface area contributed by atoms with Crippen molar-refractivity contribution in [2.75, 3.05) is 11.9 Å². The zero-order valence-corrected chi connectivity index (χ0v) is 11.1. The maximum Gasteiger partial charge on any atom is 0.265 e. The highest BCUT2D eigenvalue weighted by atomic mass is 35.5. The number of hydrogen-bond donors (Lipinski definition) is 2. The van der Waals surface area contributed by atoms with E-state index in [2.05, 4.69) is 15.3 Å². The molecule has 4 nitrogen and oxygen atoms in total. The molecule has 0 aliphatic heterocycles. The minimum Gasteiger partial charge on any atom is -0.385 e. The van der Waals surface area contributed by atoms with E-state index in [1.165, 1.54) is 6.07 Å². The molecule has 1 aromatic carbocycles. The number of halogens is 3. The first-order valence-corrected chi connectivity index (χ1v) is 6.24. The van der Waals surface area contributed by atoms with Crippen LogP contribution in [0.4, 0.5) is 14.6 Å². The van der Waals surface area contributed by atoms with Crippen molar-refractivity contribution in [3.63, 3.8) is 0 Å². The highest BCUT2D eigenvalue weighted by Gasteiger charge is 2.16. The highest BCUT2D eigenvalue weighted by Crippen LogP contribution is 2.20. The standard InChI is InChI=1S/C13H12ClF2N3O/c14-10-6-11(17-7-9(20)12(15)16)19-13(18-10)8-4-2-1-3-5-8/h1-6,9,12,20H,7H2,(H,17,18,19). The summed E-state index contributed by atoms with van der Waals surface area (Å²) in [4.78, 5) is 8.24. The van der Waals surface area contributed by atoms with Gasteiger partial charge in [-0.25, -0.2) is 18.7 Å². The molecule has 20 heavy (non-hydrogen) atoms. The van der Waals surface area contributed by atoms with Crippen LogP contribution in [0.15, 0.2) is 36.4 Å². The van der Waals surface area contributed by atoms with Crippen LogP contribution in [0.1, 0.15) is 0 Å². The first kappa shape index (κ1) is 14.6. The fourth-order valence-corrected chi connectivity index (χ4v) is 1.71. The molecule has 0 fully saturated rings. The molecule has 0 bridgehead atoms. The molecule has 0 radical (unpaired) electrons. The second kappa shape index (κ2) is 6.58. The molecule has 2 N–H and O–H groups in total. The first-order valence-electron chi connectivity index (χ1n) is 5.86. The van der Waals surface area contributed by atoms with Gasteiger partial charge in [0.2, 0.25) is 0 Å². The van der Waals surface area contributed by atoms with Crippen molar-refractivity contribution in [1.82, 2.24) is 9.97 Å². The lowest BCUT2D eigenvalue weighted by atomic mass is 10.2. The Morgan fingerprint density at radius 2 is 1.90 bits per heavy atom. The molecule has 0 saturated carbocycles. The van der Waals surface area contributed by atoms with Gasteiger partial charge in [-0.15, -0.1) is 0 Å². The number of rotatable bonds is 5. The summed E-state index contributed by atoms with van der Waals surface area (Å²) in [6.45, 7) is -0.320. The van der Waals surface area contributed by atoms with E-state index in [-0.39, 0.29) is 17.5 Å². The van der Waals surface area contributed by atoms with Crippen molar-refractivity contribution in [3.05, 3.63) is 41.6 Å². The third kappa shape index (κ3) is 3.85. The van der Waals surface area contributed by atoms with E-state index in [9.17, 15) is 8.78 Å². The van der Waals surface area contributed by atoms with E-state index < -0.39 is 12.5 Å². The third-order valence-corrected chi connectivity index (χ3v) is 2.70. The number of nitrogens with zero attached hydrogens (tertiary/aromatic N) is 2. The Morgan fingerprint density at radius 1 is 1.20 bits per heavy atom. The first-order chi connectivity index (χ1) is 9.56. The predicted octanol–water partition coefficient (Wildman–Crippen LogP) is 2.83. The van der Waals surface area contributed by atoms with Gasteiger partial charge in [0, 0.05) is 18.2 Å². The molecule has 0 saturated heterocycles. The van der Waals surface area contributed by atoms with Crippen LogP contribution < -0.4 is 5.32 Å². The van der Waals surface area contributed by atoms with E-state index in [4.69, 9.17) is 16.7 Å². The van der Waals surface area contributed by atoms with Crippen molar-refractivity contribution >= 4 is 17.4 Å². The van der Waals surface area contributed by atoms with Crippen LogP contribution in [-0.4, -0.2) is 34.1 Å². The summed E-state index contributed by atoms with van der Waals surface area (Å²) in [6.07, 6.45) is -4.57. The summed E-state index contributed by atoms with van der Waals surface area (Å²) in [7, 11) is 0. The summed E-state index contributed by atoms with van der Waals surface area (Å²) < 4.78 is 24.4. The van der Waals surface area contributed by atoms with Crippen LogP contribution in [0.3, 0.4) is 0 Å². The van der Waals surface area contributed by atoms with Gasteiger partial charge in [0.1, 0.15) is 17.1 Å². The van der Waals surface area contributed by atoms with Gasteiger partial charge in [0.25, 0.3) is 6.43 Å². The van der Waals surface area contributed by atoms with Gasteiger partial charge in [-0.05, 0) is 0 Å². The molecule has 1 heterocycles. The Morgan fingerprint density at radius 3 is 2.55 bits per heavy atom. The highest BCUT2D eigenvalue weighted by molar-refractivity contribution is 6.29. The fraction of sp³-hybridized carbons (Fsp3) is 0.231. The maximum atomic E-state index is 12.2. The van der Waals surface area contributed by atoms with Crippen molar-refractivity contribution in [3.8, 4) is 11.4 Å². The maximum absolute atomic E-state index is 12.2. The number of alkyl halides is 2. The Kier molecular flexibility index (Phi) is 4.81. The van der Waals surface area contributed by atoms with E-state index in [0.29, 0.717) is 5.82 Å². The molecule has 0 aliphatic carbocycles. The van der Waals surface area contributed by atoms with Crippen LogP contribution in [0, 0.1) is 0 Å². The van der Waals surface area contributed by atoms with Crippen LogP contribution in [-0.2, 0) is 0 Å². The number of anilines is 1. The zero-order valence-electron chi connectivity index (χ0n) is 10.3. The number of aliphatic hydroxyl groups is 1. The van der Waals surface area contributed by atoms with Crippen LogP contribution in [0.5, 0.6) is 0 Å². The number of benzene rings is 1. The molecule has 1 aromatic heterocycles. The largest absolute Gasteiger partial charge is 0.385 e. The molecule has 1 atom stereocenters. The molecule has 0 spiro atoms. The van der Waals surface area contributed by atoms with Crippen LogP contribution in [0.25, 0.3) is 11.4 Å². The molecule has 1 unspecified atom stereocenters. The average Bonchev–Trinajstić information content (AvgIpc) is 2.45. The number of hydrogen-bond acceptors (Lipinski definition) is 4. The van der Waals surface area contributed by atoms with Crippen molar-refractivity contribution in [2.24, 2.45) is 0 Å². The summed E-state index contributed by atoms with van der Waals surface area (Å²) in [5, 5.41) is 11.9. The monoisotopic (exact) mass is 299 g/mol. The number of nitrogens with one attached hydrogen (secondary N) is 1. The van der Waals surface area contributed by atoms with Crippen molar-refractivity contribution in [1.29, 1.82) is 0 Å². The lowest BCUT2D eigenvalue weighted by Crippen LogP contribution is -2.27. The molecule has 7 heteroatoms. The second-order valence-corrected chi connectivity index (χ2v) is 4.44. The normalized spacial score (nSPS) is 12.4. The van der Waals surface area contributed by atoms with Gasteiger partial charge in [0.05, 0.1) is 0 Å². The van der Waals surface area contributed by atoms with E-state index in [1.807, 2.05) is 30.3 Å². The average molecular weight is 300 g/mol. The van der Waals surface area contributed by atoms with Gasteiger partial charge in [-0.3, -0.25) is 0 Å². The van der Waals surface area contributed by atoms with E-state index >= 15 is 0 Å².